The summed E-state index contributed by atoms with van der Waals surface area (Å²) in [7, 11) is -9.91. The Morgan fingerprint density at radius 2 is 0.474 bits per heavy atom. The monoisotopic (exact) mass is 1420 g/mol. The van der Waals surface area contributed by atoms with Crippen molar-refractivity contribution in [3.8, 4) is 0 Å². The first-order valence-electron chi connectivity index (χ1n) is 40.6. The number of esters is 4. The SMILES string of the molecule is CCCCCCCCCCCCCCCCCCCCCCCC(=O)O[C@H](COC(=O)CCCCCCCCCCCCCCCCCC)COP(=O)(O)OC[C@@H](O)COP(=O)(O)OC[C@@H](COC(=O)CCCCCCCCC(C)C)OC(=O)CCCCCCCCCCCCC. The Balaban J connectivity index is 5.19. The lowest BCUT2D eigenvalue weighted by Crippen LogP contribution is -2.30. The highest BCUT2D eigenvalue weighted by Gasteiger charge is 2.30. The van der Waals surface area contributed by atoms with Crippen LogP contribution in [0.5, 0.6) is 0 Å². The number of phosphoric ester groups is 2. The first kappa shape index (κ1) is 95.1. The van der Waals surface area contributed by atoms with Crippen molar-refractivity contribution >= 4 is 39.5 Å². The molecule has 0 spiro atoms. The Morgan fingerprint density at radius 3 is 0.701 bits per heavy atom. The molecule has 0 saturated carbocycles. The third-order valence-corrected chi connectivity index (χ3v) is 20.2. The number of aliphatic hydroxyl groups excluding tert-OH is 1. The van der Waals surface area contributed by atoms with E-state index in [1.54, 1.807) is 0 Å². The highest BCUT2D eigenvalue weighted by atomic mass is 31.2. The van der Waals surface area contributed by atoms with Crippen molar-refractivity contribution in [3.63, 3.8) is 0 Å². The van der Waals surface area contributed by atoms with Crippen molar-refractivity contribution in [2.75, 3.05) is 39.6 Å². The summed E-state index contributed by atoms with van der Waals surface area (Å²) < 4.78 is 68.5. The fraction of sp³-hybridized carbons (Fsp3) is 0.949. The van der Waals surface area contributed by atoms with Crippen molar-refractivity contribution in [1.29, 1.82) is 0 Å². The summed E-state index contributed by atoms with van der Waals surface area (Å²) in [6, 6.07) is 0. The Morgan fingerprint density at radius 1 is 0.278 bits per heavy atom. The average molecular weight is 1420 g/mol. The Kier molecular flexibility index (Phi) is 69.6. The zero-order valence-corrected chi connectivity index (χ0v) is 65.0. The van der Waals surface area contributed by atoms with E-state index in [4.69, 9.17) is 37.0 Å². The Labute approximate surface area is 594 Å². The number of aliphatic hydroxyl groups is 1. The molecule has 0 bridgehead atoms. The molecule has 5 atom stereocenters. The molecule has 0 aliphatic heterocycles. The van der Waals surface area contributed by atoms with Crippen molar-refractivity contribution in [1.82, 2.24) is 0 Å². The molecule has 0 aromatic heterocycles. The molecular weight excluding hydrogens is 1270 g/mol. The molecule has 576 valence electrons. The van der Waals surface area contributed by atoms with Gasteiger partial charge in [0.1, 0.15) is 19.3 Å². The van der Waals surface area contributed by atoms with Crippen LogP contribution in [0.15, 0.2) is 0 Å². The van der Waals surface area contributed by atoms with Crippen LogP contribution in [0.25, 0.3) is 0 Å². The van der Waals surface area contributed by atoms with Crippen LogP contribution in [0.3, 0.4) is 0 Å². The minimum atomic E-state index is -4.96. The number of hydrogen-bond donors (Lipinski definition) is 3. The number of rotatable bonds is 78. The van der Waals surface area contributed by atoms with E-state index in [1.807, 2.05) is 0 Å². The van der Waals surface area contributed by atoms with Gasteiger partial charge in [0, 0.05) is 25.7 Å². The summed E-state index contributed by atoms with van der Waals surface area (Å²) in [6.07, 6.45) is 61.3. The van der Waals surface area contributed by atoms with Crippen LogP contribution in [-0.4, -0.2) is 96.7 Å². The first-order valence-corrected chi connectivity index (χ1v) is 43.6. The van der Waals surface area contributed by atoms with Crippen molar-refractivity contribution in [3.05, 3.63) is 0 Å². The minimum Gasteiger partial charge on any atom is -0.462 e. The van der Waals surface area contributed by atoms with Gasteiger partial charge in [-0.05, 0) is 31.6 Å². The molecule has 97 heavy (non-hydrogen) atoms. The maximum absolute atomic E-state index is 13.1. The summed E-state index contributed by atoms with van der Waals surface area (Å²) in [5.41, 5.74) is 0. The number of unbranched alkanes of at least 4 members (excludes halogenated alkanes) is 50. The summed E-state index contributed by atoms with van der Waals surface area (Å²) in [4.78, 5) is 72.8. The van der Waals surface area contributed by atoms with Crippen molar-refractivity contribution < 1.29 is 80.2 Å². The van der Waals surface area contributed by atoms with Crippen molar-refractivity contribution in [2.45, 2.75) is 432 Å². The van der Waals surface area contributed by atoms with E-state index < -0.39 is 97.5 Å². The number of phosphoric acid groups is 2. The standard InChI is InChI=1S/C78H152O17P2/c1-6-9-12-15-18-21-24-26-28-30-31-32-33-34-36-38-41-44-47-54-59-64-78(83)94-73(67-88-75(80)61-56-51-45-42-40-37-35-29-27-25-22-19-16-13-10-7-2)69-92-96(84,85)90-65-72(79)66-91-97(86,87)93-70-74(68-89-76(81)62-57-52-49-48-50-55-60-71(4)5)95-77(82)63-58-53-46-43-39-23-20-17-14-11-8-3/h71-74,79H,6-70H2,1-5H3,(H,84,85)(H,86,87)/t72-,73-,74-/m1/s1. The van der Waals surface area contributed by atoms with Crippen molar-refractivity contribution in [2.24, 2.45) is 5.92 Å². The molecule has 0 aliphatic rings. The van der Waals surface area contributed by atoms with Crippen LogP contribution in [0, 0.1) is 5.92 Å². The molecular formula is C78H152O17P2. The van der Waals surface area contributed by atoms with Gasteiger partial charge in [0.25, 0.3) is 0 Å². The van der Waals surface area contributed by atoms with Crippen LogP contribution in [0.2, 0.25) is 0 Å². The van der Waals surface area contributed by atoms with Gasteiger partial charge in [0.05, 0.1) is 26.4 Å². The molecule has 3 N–H and O–H groups in total. The van der Waals surface area contributed by atoms with Gasteiger partial charge in [-0.3, -0.25) is 37.3 Å². The molecule has 0 aromatic rings. The van der Waals surface area contributed by atoms with Gasteiger partial charge in [-0.2, -0.15) is 0 Å². The fourth-order valence-electron chi connectivity index (χ4n) is 12.1. The second kappa shape index (κ2) is 71.1. The third kappa shape index (κ3) is 72.2. The second-order valence-corrected chi connectivity index (χ2v) is 31.5. The number of carbonyl (C=O) groups excluding carboxylic acids is 4. The lowest BCUT2D eigenvalue weighted by Gasteiger charge is -2.21. The van der Waals surface area contributed by atoms with E-state index >= 15 is 0 Å². The maximum Gasteiger partial charge on any atom is 0.472 e. The normalized spacial score (nSPS) is 13.9. The van der Waals surface area contributed by atoms with Gasteiger partial charge < -0.3 is 33.8 Å². The predicted octanol–water partition coefficient (Wildman–Crippen LogP) is 23.3. The zero-order valence-electron chi connectivity index (χ0n) is 63.2. The van der Waals surface area contributed by atoms with Crippen LogP contribution in [-0.2, 0) is 65.4 Å². The summed E-state index contributed by atoms with van der Waals surface area (Å²) in [5.74, 6) is -1.43. The lowest BCUT2D eigenvalue weighted by atomic mass is 10.0. The Bertz CT molecular complexity index is 1860. The van der Waals surface area contributed by atoms with Gasteiger partial charge in [-0.1, -0.05) is 362 Å². The third-order valence-electron chi connectivity index (χ3n) is 18.3. The molecule has 0 heterocycles. The Hall–Kier alpha value is -1.94. The molecule has 0 amide bonds. The van der Waals surface area contributed by atoms with Crippen LogP contribution in [0.1, 0.15) is 413 Å². The first-order chi connectivity index (χ1) is 47.0. The predicted molar refractivity (Wildman–Crippen MR) is 395 cm³/mol. The molecule has 0 radical (unpaired) electrons. The zero-order chi connectivity index (χ0) is 71.2. The molecule has 2 unspecified atom stereocenters. The van der Waals surface area contributed by atoms with E-state index in [1.165, 1.54) is 231 Å². The highest BCUT2D eigenvalue weighted by molar-refractivity contribution is 7.47. The summed E-state index contributed by atoms with van der Waals surface area (Å²) in [6.45, 7) is 7.22. The topological polar surface area (TPSA) is 237 Å². The van der Waals surface area contributed by atoms with Crippen LogP contribution < -0.4 is 0 Å². The molecule has 0 saturated heterocycles. The fourth-order valence-corrected chi connectivity index (χ4v) is 13.6. The van der Waals surface area contributed by atoms with E-state index in [0.717, 1.165) is 96.3 Å². The van der Waals surface area contributed by atoms with Gasteiger partial charge in [0.2, 0.25) is 0 Å². The van der Waals surface area contributed by atoms with Crippen LogP contribution in [0.4, 0.5) is 0 Å². The maximum atomic E-state index is 13.1. The summed E-state index contributed by atoms with van der Waals surface area (Å²) in [5, 5.41) is 10.6. The quantitative estimate of drug-likeness (QED) is 0.0222. The van der Waals surface area contributed by atoms with E-state index in [-0.39, 0.29) is 25.7 Å². The lowest BCUT2D eigenvalue weighted by molar-refractivity contribution is -0.161. The molecule has 0 rings (SSSR count). The molecule has 19 heteroatoms. The van der Waals surface area contributed by atoms with Crippen LogP contribution >= 0.6 is 15.6 Å². The summed E-state index contributed by atoms with van der Waals surface area (Å²) >= 11 is 0. The van der Waals surface area contributed by atoms with Gasteiger partial charge >= 0.3 is 39.5 Å². The second-order valence-electron chi connectivity index (χ2n) is 28.6. The molecule has 0 fully saturated rings. The molecule has 0 aliphatic carbocycles. The average Bonchev–Trinajstić information content (AvgIpc) is 1.46. The van der Waals surface area contributed by atoms with E-state index in [0.29, 0.717) is 31.6 Å². The van der Waals surface area contributed by atoms with Gasteiger partial charge in [-0.15, -0.1) is 0 Å². The van der Waals surface area contributed by atoms with E-state index in [9.17, 15) is 43.2 Å². The molecule has 17 nitrogen and oxygen atoms in total. The largest absolute Gasteiger partial charge is 0.472 e. The smallest absolute Gasteiger partial charge is 0.462 e. The molecule has 0 aromatic carbocycles. The van der Waals surface area contributed by atoms with Gasteiger partial charge in [0.15, 0.2) is 12.2 Å². The number of carbonyl (C=O) groups is 4. The highest BCUT2D eigenvalue weighted by Crippen LogP contribution is 2.45. The number of ether oxygens (including phenoxy) is 4. The van der Waals surface area contributed by atoms with E-state index in [2.05, 4.69) is 34.6 Å². The minimum absolute atomic E-state index is 0.106. The van der Waals surface area contributed by atoms with Gasteiger partial charge in [-0.25, -0.2) is 9.13 Å². The number of hydrogen-bond acceptors (Lipinski definition) is 15.